The third-order valence-corrected chi connectivity index (χ3v) is 6.11. The van der Waals surface area contributed by atoms with Crippen LogP contribution < -0.4 is 5.32 Å². The number of sulfone groups is 1. The number of likely N-dealkylation sites (tertiary alicyclic amines) is 1. The maximum absolute atomic E-state index is 12.4. The van der Waals surface area contributed by atoms with Crippen molar-refractivity contribution >= 4 is 27.4 Å². The molecule has 8 heteroatoms. The van der Waals surface area contributed by atoms with Gasteiger partial charge in [-0.05, 0) is 56.6 Å². The summed E-state index contributed by atoms with van der Waals surface area (Å²) in [7, 11) is -3.43. The van der Waals surface area contributed by atoms with Crippen molar-refractivity contribution in [2.45, 2.75) is 43.5 Å². The Kier molecular flexibility index (Phi) is 6.55. The number of nitrogens with one attached hydrogen (secondary N) is 1. The number of carboxylic acid groups (broad SMARTS) is 1. The number of hydrogen-bond acceptors (Lipinski definition) is 5. The lowest BCUT2D eigenvalue weighted by molar-refractivity contribution is -0.144. The van der Waals surface area contributed by atoms with E-state index in [4.69, 9.17) is 0 Å². The van der Waals surface area contributed by atoms with Gasteiger partial charge in [0.15, 0.2) is 9.84 Å². The summed E-state index contributed by atoms with van der Waals surface area (Å²) in [6.45, 7) is 2.54. The van der Waals surface area contributed by atoms with Crippen molar-refractivity contribution < 1.29 is 23.1 Å². The Balaban J connectivity index is 1.92. The summed E-state index contributed by atoms with van der Waals surface area (Å²) in [4.78, 5) is 24.3. The smallest absolute Gasteiger partial charge is 0.320 e. The largest absolute Gasteiger partial charge is 0.480 e. The fourth-order valence-corrected chi connectivity index (χ4v) is 4.36. The Labute approximate surface area is 147 Å². The number of aliphatic carboxylic acids is 1. The van der Waals surface area contributed by atoms with Gasteiger partial charge in [0, 0.05) is 12.6 Å². The van der Waals surface area contributed by atoms with E-state index < -0.39 is 21.8 Å². The summed E-state index contributed by atoms with van der Waals surface area (Å²) in [6, 6.07) is 5.55. The molecule has 1 unspecified atom stereocenters. The molecule has 0 radical (unpaired) electrons. The number of benzene rings is 1. The zero-order valence-electron chi connectivity index (χ0n) is 14.3. The number of piperidine rings is 1. The summed E-state index contributed by atoms with van der Waals surface area (Å²) < 4.78 is 24.8. The van der Waals surface area contributed by atoms with Crippen molar-refractivity contribution in [3.8, 4) is 0 Å². The van der Waals surface area contributed by atoms with Gasteiger partial charge in [0.25, 0.3) is 0 Å². The molecule has 2 N–H and O–H groups in total. The van der Waals surface area contributed by atoms with Gasteiger partial charge in [-0.2, -0.15) is 0 Å². The Morgan fingerprint density at radius 2 is 1.92 bits per heavy atom. The molecule has 7 nitrogen and oxygen atoms in total. The monoisotopic (exact) mass is 368 g/mol. The van der Waals surface area contributed by atoms with E-state index in [1.165, 1.54) is 19.1 Å². The topological polar surface area (TPSA) is 104 Å². The molecule has 0 bridgehead atoms. The van der Waals surface area contributed by atoms with E-state index in [-0.39, 0.29) is 16.6 Å². The molecule has 1 aliphatic rings. The Morgan fingerprint density at radius 1 is 1.24 bits per heavy atom. The summed E-state index contributed by atoms with van der Waals surface area (Å²) in [5, 5.41) is 11.8. The van der Waals surface area contributed by atoms with E-state index in [1.807, 2.05) is 4.90 Å². The molecule has 0 saturated carbocycles. The third-order valence-electron chi connectivity index (χ3n) is 4.29. The number of carbonyl (C=O) groups excluding carboxylic acids is 1. The highest BCUT2D eigenvalue weighted by Crippen LogP contribution is 2.19. The van der Waals surface area contributed by atoms with Crippen molar-refractivity contribution in [2.24, 2.45) is 0 Å². The minimum absolute atomic E-state index is 0.0324. The number of carbonyl (C=O) groups is 2. The molecular weight excluding hydrogens is 344 g/mol. The summed E-state index contributed by atoms with van der Waals surface area (Å²) in [5.74, 6) is -1.09. The molecule has 1 atom stereocenters. The standard InChI is InChI=1S/C17H24N2O5S/c1-13(20)18-14-6-8-15(9-7-14)25(23,24)12-4-11-19-10-3-2-5-16(19)17(21)22/h6-9,16H,2-5,10-12H2,1H3,(H,18,20)(H,21,22). The molecule has 1 saturated heterocycles. The number of carboxylic acids is 1. The summed E-state index contributed by atoms with van der Waals surface area (Å²) in [5.41, 5.74) is 0.545. The maximum Gasteiger partial charge on any atom is 0.320 e. The first kappa shape index (κ1) is 19.4. The van der Waals surface area contributed by atoms with Crippen LogP contribution in [0.2, 0.25) is 0 Å². The number of amides is 1. The van der Waals surface area contributed by atoms with Crippen LogP contribution in [0.4, 0.5) is 5.69 Å². The number of hydrogen-bond donors (Lipinski definition) is 2. The van der Waals surface area contributed by atoms with Gasteiger partial charge in [-0.15, -0.1) is 0 Å². The van der Waals surface area contributed by atoms with Crippen LogP contribution in [-0.2, 0) is 19.4 Å². The average molecular weight is 368 g/mol. The molecule has 138 valence electrons. The van der Waals surface area contributed by atoms with Gasteiger partial charge >= 0.3 is 5.97 Å². The molecule has 25 heavy (non-hydrogen) atoms. The second-order valence-corrected chi connectivity index (χ2v) is 8.37. The van der Waals surface area contributed by atoms with Crippen LogP contribution in [-0.4, -0.2) is 55.2 Å². The first-order valence-corrected chi connectivity index (χ1v) is 10.0. The number of nitrogens with zero attached hydrogens (tertiary/aromatic N) is 1. The second kappa shape index (κ2) is 8.44. The molecule has 1 aromatic rings. The molecule has 0 aliphatic carbocycles. The lowest BCUT2D eigenvalue weighted by Crippen LogP contribution is -2.45. The van der Waals surface area contributed by atoms with Gasteiger partial charge in [-0.25, -0.2) is 8.42 Å². The molecule has 0 spiro atoms. The Bertz CT molecular complexity index is 715. The first-order valence-electron chi connectivity index (χ1n) is 8.37. The van der Waals surface area contributed by atoms with Crippen molar-refractivity contribution in [3.05, 3.63) is 24.3 Å². The highest BCUT2D eigenvalue weighted by atomic mass is 32.2. The lowest BCUT2D eigenvalue weighted by atomic mass is 10.0. The average Bonchev–Trinajstić information content (AvgIpc) is 2.55. The van der Waals surface area contributed by atoms with Crippen molar-refractivity contribution in [3.63, 3.8) is 0 Å². The van der Waals surface area contributed by atoms with Gasteiger partial charge < -0.3 is 10.4 Å². The van der Waals surface area contributed by atoms with E-state index in [1.54, 1.807) is 12.1 Å². The van der Waals surface area contributed by atoms with Crippen LogP contribution in [0.3, 0.4) is 0 Å². The molecule has 2 rings (SSSR count). The van der Waals surface area contributed by atoms with E-state index >= 15 is 0 Å². The maximum atomic E-state index is 12.4. The minimum Gasteiger partial charge on any atom is -0.480 e. The van der Waals surface area contributed by atoms with Crippen molar-refractivity contribution in [1.82, 2.24) is 4.90 Å². The van der Waals surface area contributed by atoms with E-state index in [9.17, 15) is 23.1 Å². The highest BCUT2D eigenvalue weighted by molar-refractivity contribution is 7.91. The molecule has 1 aliphatic heterocycles. The van der Waals surface area contributed by atoms with Crippen molar-refractivity contribution in [1.29, 1.82) is 0 Å². The van der Waals surface area contributed by atoms with Gasteiger partial charge in [-0.3, -0.25) is 14.5 Å². The fraction of sp³-hybridized carbons (Fsp3) is 0.529. The van der Waals surface area contributed by atoms with Crippen molar-refractivity contribution in [2.75, 3.05) is 24.2 Å². The minimum atomic E-state index is -3.43. The van der Waals surface area contributed by atoms with Crippen LogP contribution in [0.5, 0.6) is 0 Å². The molecule has 1 heterocycles. The first-order chi connectivity index (χ1) is 11.8. The predicted molar refractivity (Wildman–Crippen MR) is 94.3 cm³/mol. The van der Waals surface area contributed by atoms with E-state index in [0.29, 0.717) is 31.6 Å². The van der Waals surface area contributed by atoms with Gasteiger partial charge in [-0.1, -0.05) is 6.42 Å². The fourth-order valence-electron chi connectivity index (χ4n) is 3.06. The van der Waals surface area contributed by atoms with Gasteiger partial charge in [0.1, 0.15) is 6.04 Å². The lowest BCUT2D eigenvalue weighted by Gasteiger charge is -2.32. The SMILES string of the molecule is CC(=O)Nc1ccc(S(=O)(=O)CCCN2CCCCC2C(=O)O)cc1. The van der Waals surface area contributed by atoms with Crippen LogP contribution >= 0.6 is 0 Å². The van der Waals surface area contributed by atoms with Gasteiger partial charge in [0.05, 0.1) is 10.6 Å². The van der Waals surface area contributed by atoms with Crippen LogP contribution in [0, 0.1) is 0 Å². The quantitative estimate of drug-likeness (QED) is 0.760. The van der Waals surface area contributed by atoms with E-state index in [0.717, 1.165) is 12.8 Å². The molecule has 1 amide bonds. The van der Waals surface area contributed by atoms with E-state index in [2.05, 4.69) is 5.32 Å². The molecule has 0 aromatic heterocycles. The zero-order chi connectivity index (χ0) is 18.4. The zero-order valence-corrected chi connectivity index (χ0v) is 15.1. The summed E-state index contributed by atoms with van der Waals surface area (Å²) in [6.07, 6.45) is 2.85. The van der Waals surface area contributed by atoms with Gasteiger partial charge in [0.2, 0.25) is 5.91 Å². The summed E-state index contributed by atoms with van der Waals surface area (Å²) >= 11 is 0. The Morgan fingerprint density at radius 3 is 2.52 bits per heavy atom. The van der Waals surface area contributed by atoms with Crippen LogP contribution in [0.1, 0.15) is 32.6 Å². The predicted octanol–water partition coefficient (Wildman–Crippen LogP) is 1.75. The molecule has 1 fully saturated rings. The normalized spacial score (nSPS) is 18.7. The number of rotatable bonds is 7. The number of anilines is 1. The molecular formula is C17H24N2O5S. The Hall–Kier alpha value is -1.93. The van der Waals surface area contributed by atoms with Crippen LogP contribution in [0.15, 0.2) is 29.2 Å². The molecule has 1 aromatic carbocycles. The second-order valence-electron chi connectivity index (χ2n) is 6.26. The third kappa shape index (κ3) is 5.54. The highest BCUT2D eigenvalue weighted by Gasteiger charge is 2.28. The van der Waals surface area contributed by atoms with Crippen LogP contribution in [0.25, 0.3) is 0 Å².